The minimum absolute atomic E-state index is 0.0365. The van der Waals surface area contributed by atoms with Crippen LogP contribution in [0.25, 0.3) is 0 Å². The topological polar surface area (TPSA) is 41.1 Å². The van der Waals surface area contributed by atoms with E-state index >= 15 is 0 Å². The lowest BCUT2D eigenvalue weighted by Crippen LogP contribution is -2.29. The summed E-state index contributed by atoms with van der Waals surface area (Å²) in [7, 11) is 0. The van der Waals surface area contributed by atoms with Crippen LogP contribution >= 0.6 is 0 Å². The largest absolute Gasteiger partial charge is 0.389 e. The van der Waals surface area contributed by atoms with Gasteiger partial charge < -0.3 is 10.6 Å². The fraction of sp³-hybridized carbons (Fsp3) is 0.923. The maximum absolute atomic E-state index is 11.9. The van der Waals surface area contributed by atoms with Crippen LogP contribution in [-0.2, 0) is 4.79 Å². The van der Waals surface area contributed by atoms with Gasteiger partial charge in [0, 0.05) is 19.4 Å². The molecule has 2 N–H and O–H groups in total. The highest BCUT2D eigenvalue weighted by molar-refractivity contribution is 5.75. The lowest BCUT2D eigenvalue weighted by atomic mass is 9.93. The van der Waals surface area contributed by atoms with Crippen molar-refractivity contribution in [3.05, 3.63) is 0 Å². The highest BCUT2D eigenvalue weighted by Crippen LogP contribution is 2.22. The Hall–Kier alpha value is -0.780. The number of amides is 1. The van der Waals surface area contributed by atoms with Crippen LogP contribution < -0.4 is 10.6 Å². The first-order valence-electron chi connectivity index (χ1n) is 7.01. The summed E-state index contributed by atoms with van der Waals surface area (Å²) in [4.78, 5) is 11.5. The second kappa shape index (κ2) is 8.40. The molecule has 0 saturated carbocycles. The van der Waals surface area contributed by atoms with Crippen molar-refractivity contribution in [3.8, 4) is 0 Å². The number of hydrogen-bond donors (Lipinski definition) is 2. The number of alkyl halides is 3. The van der Waals surface area contributed by atoms with Crippen LogP contribution in [0.5, 0.6) is 0 Å². The Labute approximate surface area is 112 Å². The Kier molecular flexibility index (Phi) is 7.20. The van der Waals surface area contributed by atoms with E-state index in [-0.39, 0.29) is 12.3 Å². The van der Waals surface area contributed by atoms with Crippen molar-refractivity contribution in [1.82, 2.24) is 10.6 Å². The number of halogens is 3. The molecule has 0 aromatic heterocycles. The van der Waals surface area contributed by atoms with Gasteiger partial charge in [-0.05, 0) is 51.1 Å². The monoisotopic (exact) mass is 280 g/mol. The molecular weight excluding hydrogens is 257 g/mol. The van der Waals surface area contributed by atoms with Gasteiger partial charge in [-0.3, -0.25) is 4.79 Å². The van der Waals surface area contributed by atoms with Crippen molar-refractivity contribution in [2.24, 2.45) is 5.92 Å². The van der Waals surface area contributed by atoms with Crippen molar-refractivity contribution < 1.29 is 18.0 Å². The Morgan fingerprint density at radius 2 is 1.89 bits per heavy atom. The Morgan fingerprint density at radius 3 is 2.53 bits per heavy atom. The molecule has 0 aromatic rings. The summed E-state index contributed by atoms with van der Waals surface area (Å²) in [5.41, 5.74) is 0. The number of piperidine rings is 1. The third-order valence-corrected chi connectivity index (χ3v) is 3.45. The number of nitrogens with one attached hydrogen (secondary N) is 2. The minimum Gasteiger partial charge on any atom is -0.356 e. The van der Waals surface area contributed by atoms with Crippen LogP contribution in [0.15, 0.2) is 0 Å². The van der Waals surface area contributed by atoms with Gasteiger partial charge in [0.05, 0.1) is 0 Å². The van der Waals surface area contributed by atoms with E-state index in [4.69, 9.17) is 0 Å². The first-order chi connectivity index (χ1) is 8.97. The molecule has 1 heterocycles. The van der Waals surface area contributed by atoms with Gasteiger partial charge in [-0.2, -0.15) is 13.2 Å². The lowest BCUT2D eigenvalue weighted by Gasteiger charge is -2.22. The molecule has 6 heteroatoms. The average Bonchev–Trinajstić information content (AvgIpc) is 2.36. The van der Waals surface area contributed by atoms with Gasteiger partial charge in [-0.1, -0.05) is 0 Å². The summed E-state index contributed by atoms with van der Waals surface area (Å²) >= 11 is 0. The lowest BCUT2D eigenvalue weighted by molar-refractivity contribution is -0.135. The van der Waals surface area contributed by atoms with Crippen molar-refractivity contribution in [2.75, 3.05) is 19.6 Å². The van der Waals surface area contributed by atoms with Crippen LogP contribution in [0, 0.1) is 5.92 Å². The van der Waals surface area contributed by atoms with E-state index in [0.717, 1.165) is 32.4 Å². The Balaban J connectivity index is 1.95. The standard InChI is InChI=1S/C13H23F3N2O/c14-13(15,16)7-1-2-8-18-12(19)4-3-11-5-9-17-10-6-11/h11,17H,1-10H2,(H,18,19). The zero-order valence-electron chi connectivity index (χ0n) is 11.2. The van der Waals surface area contributed by atoms with Crippen LogP contribution in [0.2, 0.25) is 0 Å². The fourth-order valence-corrected chi connectivity index (χ4v) is 2.27. The van der Waals surface area contributed by atoms with Crippen molar-refractivity contribution >= 4 is 5.91 Å². The summed E-state index contributed by atoms with van der Waals surface area (Å²) in [6.45, 7) is 2.38. The zero-order chi connectivity index (χ0) is 14.1. The van der Waals surface area contributed by atoms with Crippen LogP contribution in [0.4, 0.5) is 13.2 Å². The number of hydrogen-bond acceptors (Lipinski definition) is 2. The maximum Gasteiger partial charge on any atom is 0.389 e. The smallest absolute Gasteiger partial charge is 0.356 e. The van der Waals surface area contributed by atoms with Gasteiger partial charge in [0.2, 0.25) is 5.91 Å². The van der Waals surface area contributed by atoms with Gasteiger partial charge in [-0.15, -0.1) is 0 Å². The SMILES string of the molecule is O=C(CCC1CCNCC1)NCCCCC(F)(F)F. The van der Waals surface area contributed by atoms with Gasteiger partial charge in [-0.25, -0.2) is 0 Å². The van der Waals surface area contributed by atoms with Crippen LogP contribution in [0.1, 0.15) is 44.9 Å². The molecule has 0 radical (unpaired) electrons. The molecule has 0 atom stereocenters. The molecule has 1 aliphatic heterocycles. The first-order valence-corrected chi connectivity index (χ1v) is 7.01. The molecule has 1 saturated heterocycles. The minimum atomic E-state index is -4.08. The number of rotatable bonds is 7. The average molecular weight is 280 g/mol. The fourth-order valence-electron chi connectivity index (χ4n) is 2.27. The van der Waals surface area contributed by atoms with Gasteiger partial charge in [0.1, 0.15) is 0 Å². The van der Waals surface area contributed by atoms with E-state index in [1.165, 1.54) is 0 Å². The second-order valence-electron chi connectivity index (χ2n) is 5.15. The first kappa shape index (κ1) is 16.3. The molecular formula is C13H23F3N2O. The number of carbonyl (C=O) groups excluding carboxylic acids is 1. The van der Waals surface area contributed by atoms with E-state index in [9.17, 15) is 18.0 Å². The molecule has 0 unspecified atom stereocenters. The maximum atomic E-state index is 11.9. The zero-order valence-corrected chi connectivity index (χ0v) is 11.2. The van der Waals surface area contributed by atoms with Crippen LogP contribution in [-0.4, -0.2) is 31.7 Å². The molecule has 0 bridgehead atoms. The molecule has 0 aliphatic carbocycles. The Bertz CT molecular complexity index is 263. The number of unbranched alkanes of at least 4 members (excludes halogenated alkanes) is 1. The number of carbonyl (C=O) groups is 1. The summed E-state index contributed by atoms with van der Waals surface area (Å²) in [5.74, 6) is 0.572. The third kappa shape index (κ3) is 8.86. The molecule has 1 aliphatic rings. The molecule has 19 heavy (non-hydrogen) atoms. The highest BCUT2D eigenvalue weighted by Gasteiger charge is 2.25. The Morgan fingerprint density at radius 1 is 1.21 bits per heavy atom. The quantitative estimate of drug-likeness (QED) is 0.704. The van der Waals surface area contributed by atoms with Crippen LogP contribution in [0.3, 0.4) is 0 Å². The third-order valence-electron chi connectivity index (χ3n) is 3.45. The van der Waals surface area contributed by atoms with Gasteiger partial charge in [0.15, 0.2) is 0 Å². The van der Waals surface area contributed by atoms with E-state index in [1.54, 1.807) is 0 Å². The molecule has 3 nitrogen and oxygen atoms in total. The normalized spacial score (nSPS) is 17.4. The van der Waals surface area contributed by atoms with Crippen molar-refractivity contribution in [1.29, 1.82) is 0 Å². The van der Waals surface area contributed by atoms with Crippen molar-refractivity contribution in [2.45, 2.75) is 51.1 Å². The second-order valence-corrected chi connectivity index (χ2v) is 5.15. The van der Waals surface area contributed by atoms with Gasteiger partial charge in [0.25, 0.3) is 0 Å². The highest BCUT2D eigenvalue weighted by atomic mass is 19.4. The predicted molar refractivity (Wildman–Crippen MR) is 67.7 cm³/mol. The predicted octanol–water partition coefficient (Wildman–Crippen LogP) is 2.62. The summed E-state index contributed by atoms with van der Waals surface area (Å²) in [5, 5.41) is 5.96. The molecule has 1 rings (SSSR count). The molecule has 0 aromatic carbocycles. The van der Waals surface area contributed by atoms with Crippen molar-refractivity contribution in [3.63, 3.8) is 0 Å². The van der Waals surface area contributed by atoms with Gasteiger partial charge >= 0.3 is 6.18 Å². The van der Waals surface area contributed by atoms with E-state index < -0.39 is 12.6 Å². The molecule has 0 spiro atoms. The van der Waals surface area contributed by atoms with E-state index in [2.05, 4.69) is 10.6 Å². The molecule has 1 amide bonds. The van der Waals surface area contributed by atoms with E-state index in [1.807, 2.05) is 0 Å². The summed E-state index contributed by atoms with van der Waals surface area (Å²) in [6, 6.07) is 0. The molecule has 1 fully saturated rings. The summed E-state index contributed by atoms with van der Waals surface area (Å²) < 4.78 is 35.6. The summed E-state index contributed by atoms with van der Waals surface area (Å²) in [6.07, 6.45) is -0.786. The van der Waals surface area contributed by atoms with E-state index in [0.29, 0.717) is 25.3 Å². The molecule has 112 valence electrons.